The van der Waals surface area contributed by atoms with Crippen LogP contribution in [0.3, 0.4) is 0 Å². The molecule has 1 aliphatic heterocycles. The number of allylic oxidation sites excluding steroid dienone is 1. The maximum atomic E-state index is 13.0. The number of nitrogens with one attached hydrogen (secondary N) is 2. The second kappa shape index (κ2) is 8.99. The van der Waals surface area contributed by atoms with Crippen LogP contribution in [0.5, 0.6) is 11.5 Å². The van der Waals surface area contributed by atoms with Crippen molar-refractivity contribution in [3.05, 3.63) is 35.0 Å². The molecule has 3 rings (SSSR count). The van der Waals surface area contributed by atoms with Crippen molar-refractivity contribution in [3.63, 3.8) is 0 Å². The van der Waals surface area contributed by atoms with Gasteiger partial charge in [-0.1, -0.05) is 19.3 Å². The SMILES string of the molecule is COc1ccc(OC)c(C2NC(=O)NC(C)=C2C(=O)OCC2CCCCC2)c1. The Kier molecular flexibility index (Phi) is 6.44. The third kappa shape index (κ3) is 4.40. The molecule has 1 aromatic carbocycles. The van der Waals surface area contributed by atoms with E-state index in [0.717, 1.165) is 12.8 Å². The molecule has 1 aliphatic carbocycles. The molecule has 28 heavy (non-hydrogen) atoms. The lowest BCUT2D eigenvalue weighted by Gasteiger charge is -2.30. The van der Waals surface area contributed by atoms with Gasteiger partial charge in [-0.3, -0.25) is 0 Å². The van der Waals surface area contributed by atoms with Crippen LogP contribution in [0.25, 0.3) is 0 Å². The maximum absolute atomic E-state index is 13.0. The highest BCUT2D eigenvalue weighted by Gasteiger charge is 2.34. The van der Waals surface area contributed by atoms with Gasteiger partial charge in [-0.05, 0) is 43.9 Å². The first-order valence-electron chi connectivity index (χ1n) is 9.70. The Hall–Kier alpha value is -2.70. The van der Waals surface area contributed by atoms with Gasteiger partial charge in [0.05, 0.1) is 32.4 Å². The smallest absolute Gasteiger partial charge is 0.338 e. The van der Waals surface area contributed by atoms with E-state index in [1.165, 1.54) is 19.3 Å². The highest BCUT2D eigenvalue weighted by atomic mass is 16.5. The summed E-state index contributed by atoms with van der Waals surface area (Å²) in [4.78, 5) is 25.1. The Morgan fingerprint density at radius 1 is 1.14 bits per heavy atom. The number of hydrogen-bond donors (Lipinski definition) is 2. The number of rotatable bonds is 6. The zero-order valence-corrected chi connectivity index (χ0v) is 16.7. The summed E-state index contributed by atoms with van der Waals surface area (Å²) >= 11 is 0. The number of amides is 2. The van der Waals surface area contributed by atoms with E-state index in [9.17, 15) is 9.59 Å². The number of esters is 1. The highest BCUT2D eigenvalue weighted by Crippen LogP contribution is 2.36. The summed E-state index contributed by atoms with van der Waals surface area (Å²) < 4.78 is 16.4. The predicted molar refractivity (Wildman–Crippen MR) is 104 cm³/mol. The van der Waals surface area contributed by atoms with Crippen molar-refractivity contribution in [3.8, 4) is 11.5 Å². The van der Waals surface area contributed by atoms with Crippen molar-refractivity contribution in [1.82, 2.24) is 10.6 Å². The lowest BCUT2D eigenvalue weighted by Crippen LogP contribution is -2.45. The largest absolute Gasteiger partial charge is 0.497 e. The van der Waals surface area contributed by atoms with Crippen LogP contribution in [-0.2, 0) is 9.53 Å². The van der Waals surface area contributed by atoms with E-state index >= 15 is 0 Å². The molecule has 1 heterocycles. The number of ether oxygens (including phenoxy) is 3. The van der Waals surface area contributed by atoms with Gasteiger partial charge < -0.3 is 24.8 Å². The summed E-state index contributed by atoms with van der Waals surface area (Å²) in [5.41, 5.74) is 1.50. The normalized spacial score (nSPS) is 20.2. The van der Waals surface area contributed by atoms with Gasteiger partial charge in [-0.25, -0.2) is 9.59 Å². The third-order valence-corrected chi connectivity index (χ3v) is 5.41. The van der Waals surface area contributed by atoms with Crippen LogP contribution in [0.15, 0.2) is 29.5 Å². The van der Waals surface area contributed by atoms with E-state index in [1.807, 2.05) is 0 Å². The minimum absolute atomic E-state index is 0.377. The van der Waals surface area contributed by atoms with E-state index < -0.39 is 12.0 Å². The molecule has 0 aromatic heterocycles. The van der Waals surface area contributed by atoms with E-state index in [-0.39, 0.29) is 6.03 Å². The van der Waals surface area contributed by atoms with Crippen LogP contribution in [0, 0.1) is 5.92 Å². The molecule has 0 bridgehead atoms. The highest BCUT2D eigenvalue weighted by molar-refractivity contribution is 5.95. The molecular formula is C21H28N2O5. The predicted octanol–water partition coefficient (Wildman–Crippen LogP) is 3.46. The summed E-state index contributed by atoms with van der Waals surface area (Å²) in [5.74, 6) is 1.15. The molecule has 0 saturated heterocycles. The lowest BCUT2D eigenvalue weighted by atomic mass is 9.90. The van der Waals surface area contributed by atoms with Crippen LogP contribution in [0.1, 0.15) is 50.6 Å². The first-order valence-corrected chi connectivity index (χ1v) is 9.70. The van der Waals surface area contributed by atoms with Crippen molar-refractivity contribution in [2.24, 2.45) is 5.92 Å². The molecule has 7 nitrogen and oxygen atoms in total. The summed E-state index contributed by atoms with van der Waals surface area (Å²) in [7, 11) is 3.11. The van der Waals surface area contributed by atoms with Gasteiger partial charge in [0.25, 0.3) is 0 Å². The Bertz CT molecular complexity index is 768. The Balaban J connectivity index is 1.87. The number of benzene rings is 1. The topological polar surface area (TPSA) is 85.9 Å². The van der Waals surface area contributed by atoms with Crippen molar-refractivity contribution in [2.45, 2.75) is 45.1 Å². The molecule has 0 spiro atoms. The quantitative estimate of drug-likeness (QED) is 0.729. The van der Waals surface area contributed by atoms with Crippen molar-refractivity contribution < 1.29 is 23.8 Å². The Morgan fingerprint density at radius 3 is 2.57 bits per heavy atom. The third-order valence-electron chi connectivity index (χ3n) is 5.41. The maximum Gasteiger partial charge on any atom is 0.338 e. The molecule has 1 saturated carbocycles. The molecule has 152 valence electrons. The first-order chi connectivity index (χ1) is 13.5. The fourth-order valence-corrected chi connectivity index (χ4v) is 3.89. The van der Waals surface area contributed by atoms with E-state index in [4.69, 9.17) is 14.2 Å². The summed E-state index contributed by atoms with van der Waals surface area (Å²) in [6.07, 6.45) is 5.81. The Morgan fingerprint density at radius 2 is 1.89 bits per heavy atom. The molecule has 2 amide bonds. The molecule has 7 heteroatoms. The summed E-state index contributed by atoms with van der Waals surface area (Å²) in [6.45, 7) is 2.11. The molecule has 0 radical (unpaired) electrons. The first kappa shape index (κ1) is 20.0. The van der Waals surface area contributed by atoms with Gasteiger partial charge in [-0.2, -0.15) is 0 Å². The molecule has 1 unspecified atom stereocenters. The summed E-state index contributed by atoms with van der Waals surface area (Å²) in [5, 5.41) is 5.48. The van der Waals surface area contributed by atoms with Crippen LogP contribution < -0.4 is 20.1 Å². The van der Waals surface area contributed by atoms with Crippen LogP contribution >= 0.6 is 0 Å². The second-order valence-corrected chi connectivity index (χ2v) is 7.28. The van der Waals surface area contributed by atoms with Crippen LogP contribution in [0.4, 0.5) is 4.79 Å². The van der Waals surface area contributed by atoms with Crippen molar-refractivity contribution >= 4 is 12.0 Å². The van der Waals surface area contributed by atoms with Crippen LogP contribution in [-0.4, -0.2) is 32.8 Å². The van der Waals surface area contributed by atoms with Gasteiger partial charge >= 0.3 is 12.0 Å². The zero-order valence-electron chi connectivity index (χ0n) is 16.7. The van der Waals surface area contributed by atoms with Gasteiger partial charge in [-0.15, -0.1) is 0 Å². The standard InChI is InChI=1S/C21H28N2O5/c1-13-18(20(24)28-12-14-7-5-4-6-8-14)19(23-21(25)22-13)16-11-15(26-2)9-10-17(16)27-3/h9-11,14,19H,4-8,12H2,1-3H3,(H2,22,23,25). The van der Waals surface area contributed by atoms with Gasteiger partial charge in [0.1, 0.15) is 11.5 Å². The van der Waals surface area contributed by atoms with E-state index in [1.54, 1.807) is 39.3 Å². The van der Waals surface area contributed by atoms with Crippen molar-refractivity contribution in [2.75, 3.05) is 20.8 Å². The number of urea groups is 1. The average molecular weight is 388 g/mol. The lowest BCUT2D eigenvalue weighted by molar-refractivity contribution is -0.141. The van der Waals surface area contributed by atoms with Gasteiger partial charge in [0.15, 0.2) is 0 Å². The number of methoxy groups -OCH3 is 2. The average Bonchev–Trinajstić information content (AvgIpc) is 2.71. The van der Waals surface area contributed by atoms with E-state index in [0.29, 0.717) is 40.9 Å². The second-order valence-electron chi connectivity index (χ2n) is 7.28. The van der Waals surface area contributed by atoms with Crippen LogP contribution in [0.2, 0.25) is 0 Å². The fourth-order valence-electron chi connectivity index (χ4n) is 3.89. The van der Waals surface area contributed by atoms with Crippen molar-refractivity contribution in [1.29, 1.82) is 0 Å². The van der Waals surface area contributed by atoms with Gasteiger partial charge in [0, 0.05) is 11.3 Å². The molecule has 2 N–H and O–H groups in total. The molecule has 1 fully saturated rings. The number of hydrogen-bond acceptors (Lipinski definition) is 5. The fraction of sp³-hybridized carbons (Fsp3) is 0.524. The number of carbonyl (C=O) groups excluding carboxylic acids is 2. The zero-order chi connectivity index (χ0) is 20.1. The molecular weight excluding hydrogens is 360 g/mol. The Labute approximate surface area is 165 Å². The molecule has 1 atom stereocenters. The monoisotopic (exact) mass is 388 g/mol. The van der Waals surface area contributed by atoms with Gasteiger partial charge in [0.2, 0.25) is 0 Å². The molecule has 2 aliphatic rings. The molecule has 1 aromatic rings. The minimum Gasteiger partial charge on any atom is -0.497 e. The minimum atomic E-state index is -0.683. The number of carbonyl (C=O) groups is 2. The van der Waals surface area contributed by atoms with E-state index in [2.05, 4.69) is 10.6 Å². The summed E-state index contributed by atoms with van der Waals surface area (Å²) in [6, 6.07) is 4.22.